The van der Waals surface area contributed by atoms with Crippen molar-refractivity contribution in [3.05, 3.63) is 28.6 Å². The molecule has 1 atom stereocenters. The average molecular weight is 424 g/mol. The van der Waals surface area contributed by atoms with Crippen LogP contribution < -0.4 is 10.6 Å². The van der Waals surface area contributed by atoms with E-state index in [1.54, 1.807) is 12.3 Å². The zero-order chi connectivity index (χ0) is 19.0. The van der Waals surface area contributed by atoms with Crippen LogP contribution in [0.25, 0.3) is 0 Å². The molecule has 2 aromatic heterocycles. The van der Waals surface area contributed by atoms with E-state index in [4.69, 9.17) is 28.9 Å². The highest BCUT2D eigenvalue weighted by molar-refractivity contribution is 7.99. The fourth-order valence-electron chi connectivity index (χ4n) is 4.37. The van der Waals surface area contributed by atoms with E-state index in [2.05, 4.69) is 26.8 Å². The van der Waals surface area contributed by atoms with Crippen LogP contribution >= 0.6 is 35.0 Å². The first-order valence-corrected chi connectivity index (χ1v) is 10.9. The Morgan fingerprint density at radius 1 is 1.19 bits per heavy atom. The molecule has 27 heavy (non-hydrogen) atoms. The van der Waals surface area contributed by atoms with E-state index in [1.807, 2.05) is 6.20 Å². The molecular formula is C19H23Cl2N5S. The first-order valence-electron chi connectivity index (χ1n) is 9.30. The Morgan fingerprint density at radius 3 is 2.59 bits per heavy atom. The number of halogens is 2. The molecule has 1 spiro atoms. The smallest absolute Gasteiger partial charge is 0.151 e. The van der Waals surface area contributed by atoms with Gasteiger partial charge in [-0.3, -0.25) is 0 Å². The fourth-order valence-corrected chi connectivity index (χ4v) is 5.64. The predicted octanol–water partition coefficient (Wildman–Crippen LogP) is 5.32. The highest BCUT2D eigenvalue weighted by atomic mass is 35.5. The first kappa shape index (κ1) is 19.1. The molecular weight excluding hydrogens is 401 g/mol. The maximum atomic E-state index is 6.21. The summed E-state index contributed by atoms with van der Waals surface area (Å²) in [5.41, 5.74) is 6.33. The molecule has 2 N–H and O–H groups in total. The van der Waals surface area contributed by atoms with Crippen molar-refractivity contribution in [2.75, 3.05) is 23.7 Å². The summed E-state index contributed by atoms with van der Waals surface area (Å²) in [4.78, 5) is 16.2. The van der Waals surface area contributed by atoms with E-state index < -0.39 is 0 Å². The highest BCUT2D eigenvalue weighted by Crippen LogP contribution is 2.49. The Morgan fingerprint density at radius 2 is 1.96 bits per heavy atom. The fraction of sp³-hybridized carbons (Fsp3) is 0.526. The molecule has 2 aliphatic rings. The predicted molar refractivity (Wildman–Crippen MR) is 112 cm³/mol. The molecule has 2 fully saturated rings. The average Bonchev–Trinajstić information content (AvgIpc) is 3.01. The van der Waals surface area contributed by atoms with Crippen LogP contribution in [0.1, 0.15) is 39.0 Å². The van der Waals surface area contributed by atoms with Gasteiger partial charge >= 0.3 is 0 Å². The second kappa shape index (κ2) is 7.64. The van der Waals surface area contributed by atoms with Gasteiger partial charge in [-0.15, -0.1) is 0 Å². The molecule has 1 saturated carbocycles. The van der Waals surface area contributed by atoms with Crippen LogP contribution in [0.5, 0.6) is 0 Å². The summed E-state index contributed by atoms with van der Waals surface area (Å²) in [7, 11) is 0. The van der Waals surface area contributed by atoms with Gasteiger partial charge in [0.15, 0.2) is 5.15 Å². The summed E-state index contributed by atoms with van der Waals surface area (Å²) in [6, 6.07) is 1.70. The number of nitrogen functional groups attached to an aromatic ring is 1. The summed E-state index contributed by atoms with van der Waals surface area (Å²) in [5, 5.41) is 1.33. The van der Waals surface area contributed by atoms with Crippen LogP contribution in [-0.2, 0) is 0 Å². The number of hydrogen-bond acceptors (Lipinski definition) is 6. The Bertz CT molecular complexity index is 822. The standard InChI is InChI=1S/C19H23Cl2N5S/c1-12-2-3-19(9-12)4-6-26(7-5-19)15-10-24-16(11-23-15)27-13-8-14(22)25-18(21)17(13)20/h8,10-12H,2-7,9H2,1H3,(H2,22,25)/t12-/m0/s1. The zero-order valence-corrected chi connectivity index (χ0v) is 17.6. The third-order valence-electron chi connectivity index (χ3n) is 5.83. The van der Waals surface area contributed by atoms with E-state index in [9.17, 15) is 0 Å². The zero-order valence-electron chi connectivity index (χ0n) is 15.3. The van der Waals surface area contributed by atoms with Crippen molar-refractivity contribution in [1.29, 1.82) is 0 Å². The lowest BCUT2D eigenvalue weighted by atomic mass is 9.76. The molecule has 0 bridgehead atoms. The van der Waals surface area contributed by atoms with Crippen LogP contribution in [0.4, 0.5) is 11.6 Å². The van der Waals surface area contributed by atoms with Crippen molar-refractivity contribution in [2.24, 2.45) is 11.3 Å². The largest absolute Gasteiger partial charge is 0.384 e. The molecule has 0 aromatic carbocycles. The summed E-state index contributed by atoms with van der Waals surface area (Å²) >= 11 is 13.6. The van der Waals surface area contributed by atoms with Crippen molar-refractivity contribution < 1.29 is 0 Å². The van der Waals surface area contributed by atoms with Gasteiger partial charge in [-0.25, -0.2) is 15.0 Å². The second-order valence-electron chi connectivity index (χ2n) is 7.80. The van der Waals surface area contributed by atoms with Crippen LogP contribution in [0.2, 0.25) is 10.2 Å². The van der Waals surface area contributed by atoms with E-state index in [0.717, 1.165) is 34.7 Å². The van der Waals surface area contributed by atoms with Gasteiger partial charge in [-0.05, 0) is 43.1 Å². The molecule has 0 unspecified atom stereocenters. The molecule has 144 valence electrons. The number of hydrogen-bond donors (Lipinski definition) is 1. The van der Waals surface area contributed by atoms with E-state index in [0.29, 0.717) is 16.3 Å². The van der Waals surface area contributed by atoms with Gasteiger partial charge < -0.3 is 10.6 Å². The Balaban J connectivity index is 1.41. The molecule has 8 heteroatoms. The molecule has 4 rings (SSSR count). The topological polar surface area (TPSA) is 67.9 Å². The minimum atomic E-state index is 0.201. The maximum absolute atomic E-state index is 6.21. The van der Waals surface area contributed by atoms with Crippen molar-refractivity contribution in [2.45, 2.75) is 48.9 Å². The quantitative estimate of drug-likeness (QED) is 0.673. The molecule has 0 radical (unpaired) electrons. The third-order valence-corrected chi connectivity index (χ3v) is 7.66. The summed E-state index contributed by atoms with van der Waals surface area (Å²) < 4.78 is 0. The van der Waals surface area contributed by atoms with Crippen molar-refractivity contribution in [3.8, 4) is 0 Å². The lowest BCUT2D eigenvalue weighted by Crippen LogP contribution is -2.39. The number of nitrogens with two attached hydrogens (primary N) is 1. The molecule has 2 aromatic rings. The van der Waals surface area contributed by atoms with Gasteiger partial charge in [0.05, 0.1) is 17.4 Å². The highest BCUT2D eigenvalue weighted by Gasteiger charge is 2.39. The van der Waals surface area contributed by atoms with Crippen LogP contribution in [0.3, 0.4) is 0 Å². The van der Waals surface area contributed by atoms with E-state index in [-0.39, 0.29) is 5.15 Å². The van der Waals surface area contributed by atoms with E-state index >= 15 is 0 Å². The first-order chi connectivity index (χ1) is 12.9. The van der Waals surface area contributed by atoms with Crippen LogP contribution in [-0.4, -0.2) is 28.0 Å². The minimum Gasteiger partial charge on any atom is -0.384 e. The third kappa shape index (κ3) is 4.13. The summed E-state index contributed by atoms with van der Waals surface area (Å²) in [6.45, 7) is 4.52. The monoisotopic (exact) mass is 423 g/mol. The lowest BCUT2D eigenvalue weighted by Gasteiger charge is -2.40. The van der Waals surface area contributed by atoms with Crippen LogP contribution in [0.15, 0.2) is 28.4 Å². The van der Waals surface area contributed by atoms with Crippen molar-refractivity contribution in [1.82, 2.24) is 15.0 Å². The van der Waals surface area contributed by atoms with Gasteiger partial charge in [-0.1, -0.05) is 48.3 Å². The number of rotatable bonds is 3. The second-order valence-corrected chi connectivity index (χ2v) is 9.60. The Labute approximate surface area is 174 Å². The van der Waals surface area contributed by atoms with E-state index in [1.165, 1.54) is 43.9 Å². The van der Waals surface area contributed by atoms with Gasteiger partial charge in [0, 0.05) is 18.0 Å². The van der Waals surface area contributed by atoms with Crippen molar-refractivity contribution in [3.63, 3.8) is 0 Å². The number of pyridine rings is 1. The van der Waals surface area contributed by atoms with Gasteiger partial charge in [-0.2, -0.15) is 0 Å². The molecule has 5 nitrogen and oxygen atoms in total. The summed E-state index contributed by atoms with van der Waals surface area (Å²) in [5.74, 6) is 2.16. The SMILES string of the molecule is C[C@H]1CCC2(CCN(c3cnc(Sc4cc(N)nc(Cl)c4Cl)cn3)CC2)C1. The van der Waals surface area contributed by atoms with Gasteiger partial charge in [0.1, 0.15) is 16.7 Å². The lowest BCUT2D eigenvalue weighted by molar-refractivity contribution is 0.218. The number of anilines is 2. The molecule has 1 aliphatic carbocycles. The normalized spacial score (nSPS) is 21.7. The Hall–Kier alpha value is -1.24. The Kier molecular flexibility index (Phi) is 5.41. The maximum Gasteiger partial charge on any atom is 0.151 e. The van der Waals surface area contributed by atoms with Crippen molar-refractivity contribution >= 4 is 46.6 Å². The number of aromatic nitrogens is 3. The molecule has 3 heterocycles. The summed E-state index contributed by atoms with van der Waals surface area (Å²) in [6.07, 6.45) is 10.3. The number of piperidine rings is 1. The van der Waals surface area contributed by atoms with Gasteiger partial charge in [0.25, 0.3) is 0 Å². The minimum absolute atomic E-state index is 0.201. The van der Waals surface area contributed by atoms with Crippen LogP contribution in [0, 0.1) is 11.3 Å². The molecule has 1 aliphatic heterocycles. The van der Waals surface area contributed by atoms with Gasteiger partial charge in [0.2, 0.25) is 0 Å². The molecule has 0 amide bonds. The molecule has 1 saturated heterocycles. The number of nitrogens with zero attached hydrogens (tertiary/aromatic N) is 4.